The van der Waals surface area contributed by atoms with Gasteiger partial charge in [-0.1, -0.05) is 95.0 Å². The highest BCUT2D eigenvalue weighted by Gasteiger charge is 1.99. The summed E-state index contributed by atoms with van der Waals surface area (Å²) in [5, 5.41) is 0. The molecule has 0 fully saturated rings. The Balaban J connectivity index is 1.85. The van der Waals surface area contributed by atoms with E-state index >= 15 is 0 Å². The van der Waals surface area contributed by atoms with Gasteiger partial charge >= 0.3 is 0 Å². The van der Waals surface area contributed by atoms with E-state index in [0.717, 1.165) is 0 Å². The number of likely N-dealkylation sites (N-methyl/N-ethyl adjacent to an activating group) is 1. The molecule has 0 aliphatic rings. The zero-order chi connectivity index (χ0) is 15.9. The summed E-state index contributed by atoms with van der Waals surface area (Å²) in [5.41, 5.74) is 1.46. The van der Waals surface area contributed by atoms with E-state index in [0.29, 0.717) is 0 Å². The Hall–Kier alpha value is -0.820. The molecule has 0 aliphatic carbocycles. The second-order valence-corrected chi connectivity index (χ2v) is 6.72. The molecule has 0 saturated carbocycles. The summed E-state index contributed by atoms with van der Waals surface area (Å²) in [6.07, 6.45) is 15.4. The fourth-order valence-electron chi connectivity index (χ4n) is 2.95. The van der Waals surface area contributed by atoms with Crippen LogP contribution in [0.25, 0.3) is 0 Å². The largest absolute Gasteiger partial charge is 0.306 e. The molecule has 0 heterocycles. The fourth-order valence-corrected chi connectivity index (χ4v) is 2.95. The summed E-state index contributed by atoms with van der Waals surface area (Å²) in [6.45, 7) is 4.72. The van der Waals surface area contributed by atoms with Gasteiger partial charge in [0.1, 0.15) is 0 Å². The molecule has 0 amide bonds. The quantitative estimate of drug-likeness (QED) is 0.376. The minimum Gasteiger partial charge on any atom is -0.306 e. The van der Waals surface area contributed by atoms with E-state index in [1.807, 2.05) is 0 Å². The molecule has 0 N–H and O–H groups in total. The van der Waals surface area contributed by atoms with Crippen molar-refractivity contribution in [2.75, 3.05) is 20.1 Å². The molecular weight excluding hydrogens is 266 g/mol. The van der Waals surface area contributed by atoms with E-state index in [4.69, 9.17) is 0 Å². The maximum absolute atomic E-state index is 2.48. The normalized spacial score (nSPS) is 11.2. The maximum atomic E-state index is 2.48. The van der Waals surface area contributed by atoms with E-state index in [2.05, 4.69) is 49.2 Å². The first-order valence-electron chi connectivity index (χ1n) is 9.55. The van der Waals surface area contributed by atoms with Gasteiger partial charge in [0.2, 0.25) is 0 Å². The molecule has 0 aromatic heterocycles. The van der Waals surface area contributed by atoms with Crippen LogP contribution in [-0.4, -0.2) is 25.0 Å². The molecule has 22 heavy (non-hydrogen) atoms. The summed E-state index contributed by atoms with van der Waals surface area (Å²) in [7, 11) is 2.26. The summed E-state index contributed by atoms with van der Waals surface area (Å²) < 4.78 is 0. The predicted octanol–water partition coefficient (Wildman–Crippen LogP) is 6.08. The second kappa shape index (κ2) is 13.8. The topological polar surface area (TPSA) is 3.24 Å². The van der Waals surface area contributed by atoms with Crippen LogP contribution in [0.3, 0.4) is 0 Å². The number of hydrogen-bond acceptors (Lipinski definition) is 1. The van der Waals surface area contributed by atoms with Gasteiger partial charge < -0.3 is 4.90 Å². The first-order valence-corrected chi connectivity index (χ1v) is 9.55. The highest BCUT2D eigenvalue weighted by Crippen LogP contribution is 2.10. The number of benzene rings is 1. The molecule has 1 aromatic rings. The van der Waals surface area contributed by atoms with Crippen LogP contribution in [0.5, 0.6) is 0 Å². The summed E-state index contributed by atoms with van der Waals surface area (Å²) >= 11 is 0. The lowest BCUT2D eigenvalue weighted by Gasteiger charge is -2.16. The van der Waals surface area contributed by atoms with E-state index in [1.165, 1.54) is 89.3 Å². The molecule has 1 heteroatoms. The van der Waals surface area contributed by atoms with Crippen LogP contribution in [0.1, 0.15) is 76.7 Å². The number of unbranched alkanes of at least 4 members (excludes halogenated alkanes) is 9. The number of rotatable bonds is 14. The SMILES string of the molecule is CCCCCCCCCCCCN(C)CCc1ccccc1. The molecule has 1 aromatic carbocycles. The molecule has 0 radical (unpaired) electrons. The van der Waals surface area contributed by atoms with Crippen LogP contribution < -0.4 is 0 Å². The Morgan fingerprint density at radius 2 is 1.23 bits per heavy atom. The molecule has 0 aliphatic heterocycles. The van der Waals surface area contributed by atoms with Crippen LogP contribution >= 0.6 is 0 Å². The van der Waals surface area contributed by atoms with Gasteiger partial charge in [-0.05, 0) is 32.0 Å². The van der Waals surface area contributed by atoms with Crippen molar-refractivity contribution < 1.29 is 0 Å². The van der Waals surface area contributed by atoms with Crippen molar-refractivity contribution in [3.63, 3.8) is 0 Å². The van der Waals surface area contributed by atoms with E-state index in [-0.39, 0.29) is 0 Å². The van der Waals surface area contributed by atoms with E-state index < -0.39 is 0 Å². The Morgan fingerprint density at radius 3 is 1.82 bits per heavy atom. The lowest BCUT2D eigenvalue weighted by Crippen LogP contribution is -2.22. The van der Waals surface area contributed by atoms with Crippen molar-refractivity contribution in [3.05, 3.63) is 35.9 Å². The standard InChI is InChI=1S/C21H37N/c1-3-4-5-6-7-8-9-10-11-15-19-22(2)20-18-21-16-13-12-14-17-21/h12-14,16-17H,3-11,15,18-20H2,1-2H3. The lowest BCUT2D eigenvalue weighted by molar-refractivity contribution is 0.327. The van der Waals surface area contributed by atoms with Gasteiger partial charge in [-0.15, -0.1) is 0 Å². The average Bonchev–Trinajstić information content (AvgIpc) is 2.55. The van der Waals surface area contributed by atoms with Gasteiger partial charge in [0.25, 0.3) is 0 Å². The lowest BCUT2D eigenvalue weighted by atomic mass is 10.1. The zero-order valence-electron chi connectivity index (χ0n) is 15.0. The fraction of sp³-hybridized carbons (Fsp3) is 0.714. The van der Waals surface area contributed by atoms with Gasteiger partial charge in [-0.3, -0.25) is 0 Å². The van der Waals surface area contributed by atoms with Crippen molar-refractivity contribution in [3.8, 4) is 0 Å². The highest BCUT2D eigenvalue weighted by atomic mass is 15.1. The van der Waals surface area contributed by atoms with Crippen molar-refractivity contribution >= 4 is 0 Å². The van der Waals surface area contributed by atoms with Crippen LogP contribution in [0, 0.1) is 0 Å². The summed E-state index contributed by atoms with van der Waals surface area (Å²) in [4.78, 5) is 2.48. The highest BCUT2D eigenvalue weighted by molar-refractivity contribution is 5.14. The van der Waals surface area contributed by atoms with Crippen molar-refractivity contribution in [1.29, 1.82) is 0 Å². The number of hydrogen-bond donors (Lipinski definition) is 0. The van der Waals surface area contributed by atoms with Gasteiger partial charge in [-0.25, -0.2) is 0 Å². The Labute approximate surface area is 139 Å². The molecule has 1 nitrogen and oxygen atoms in total. The third-order valence-corrected chi connectivity index (χ3v) is 4.52. The first kappa shape index (κ1) is 19.2. The average molecular weight is 304 g/mol. The minimum absolute atomic E-state index is 1.18. The van der Waals surface area contributed by atoms with E-state index in [9.17, 15) is 0 Å². The maximum Gasteiger partial charge on any atom is 0.00188 e. The summed E-state index contributed by atoms with van der Waals surface area (Å²) in [6, 6.07) is 10.8. The van der Waals surface area contributed by atoms with Gasteiger partial charge in [0.15, 0.2) is 0 Å². The molecule has 1 rings (SSSR count). The van der Waals surface area contributed by atoms with Crippen LogP contribution in [0.4, 0.5) is 0 Å². The van der Waals surface area contributed by atoms with Gasteiger partial charge in [0, 0.05) is 6.54 Å². The zero-order valence-corrected chi connectivity index (χ0v) is 15.0. The van der Waals surface area contributed by atoms with Crippen molar-refractivity contribution in [2.45, 2.75) is 77.6 Å². The van der Waals surface area contributed by atoms with Crippen molar-refractivity contribution in [2.24, 2.45) is 0 Å². The Kier molecular flexibility index (Phi) is 12.1. The molecule has 0 atom stereocenters. The third-order valence-electron chi connectivity index (χ3n) is 4.52. The van der Waals surface area contributed by atoms with Crippen LogP contribution in [0.2, 0.25) is 0 Å². The molecule has 126 valence electrons. The van der Waals surface area contributed by atoms with Crippen molar-refractivity contribution in [1.82, 2.24) is 4.90 Å². The Morgan fingerprint density at radius 1 is 0.682 bits per heavy atom. The van der Waals surface area contributed by atoms with Crippen LogP contribution in [0.15, 0.2) is 30.3 Å². The van der Waals surface area contributed by atoms with Gasteiger partial charge in [0.05, 0.1) is 0 Å². The smallest absolute Gasteiger partial charge is 0.00188 e. The second-order valence-electron chi connectivity index (χ2n) is 6.72. The molecule has 0 bridgehead atoms. The van der Waals surface area contributed by atoms with E-state index in [1.54, 1.807) is 0 Å². The molecule has 0 unspecified atom stereocenters. The predicted molar refractivity (Wildman–Crippen MR) is 99.5 cm³/mol. The first-order chi connectivity index (χ1) is 10.8. The summed E-state index contributed by atoms with van der Waals surface area (Å²) in [5.74, 6) is 0. The van der Waals surface area contributed by atoms with Gasteiger partial charge in [-0.2, -0.15) is 0 Å². The number of nitrogens with zero attached hydrogens (tertiary/aromatic N) is 1. The molecule has 0 spiro atoms. The van der Waals surface area contributed by atoms with Crippen LogP contribution in [-0.2, 0) is 6.42 Å². The molecular formula is C21H37N. The monoisotopic (exact) mass is 303 g/mol. The Bertz CT molecular complexity index is 333. The minimum atomic E-state index is 1.18. The third kappa shape index (κ3) is 10.8. The molecule has 0 saturated heterocycles.